The second-order valence-corrected chi connectivity index (χ2v) is 6.71. The first-order valence-electron chi connectivity index (χ1n) is 6.56. The molecule has 3 aromatic rings. The van der Waals surface area contributed by atoms with Gasteiger partial charge in [0.25, 0.3) is 10.0 Å². The molecule has 1 aromatic carbocycles. The van der Waals surface area contributed by atoms with Crippen molar-refractivity contribution in [1.82, 2.24) is 9.97 Å². The number of benzene rings is 1. The number of hydrogen-bond donors (Lipinski definition) is 1. The van der Waals surface area contributed by atoms with Gasteiger partial charge in [-0.25, -0.2) is 13.4 Å². The normalized spacial score (nSPS) is 11.4. The molecule has 118 valence electrons. The van der Waals surface area contributed by atoms with Crippen molar-refractivity contribution in [3.63, 3.8) is 0 Å². The van der Waals surface area contributed by atoms with Crippen LogP contribution in [0.15, 0.2) is 53.8 Å². The molecule has 0 radical (unpaired) electrons. The molecule has 0 amide bonds. The molecule has 1 N–H and O–H groups in total. The van der Waals surface area contributed by atoms with E-state index in [9.17, 15) is 8.42 Å². The molecule has 0 atom stereocenters. The van der Waals surface area contributed by atoms with E-state index < -0.39 is 10.0 Å². The first kappa shape index (κ1) is 15.5. The molecule has 0 aliphatic heterocycles. The van der Waals surface area contributed by atoms with Gasteiger partial charge in [0.1, 0.15) is 5.15 Å². The fourth-order valence-corrected chi connectivity index (χ4v) is 3.45. The molecule has 8 heteroatoms. The van der Waals surface area contributed by atoms with Crippen LogP contribution >= 0.6 is 11.6 Å². The zero-order valence-electron chi connectivity index (χ0n) is 12.0. The van der Waals surface area contributed by atoms with E-state index in [4.69, 9.17) is 16.3 Å². The number of hydrogen-bond acceptors (Lipinski definition) is 5. The minimum absolute atomic E-state index is 0.117. The number of nitrogens with zero attached hydrogens (tertiary/aromatic N) is 2. The Balaban J connectivity index is 2.03. The lowest BCUT2D eigenvalue weighted by Crippen LogP contribution is -2.13. The lowest BCUT2D eigenvalue weighted by atomic mass is 10.2. The van der Waals surface area contributed by atoms with Gasteiger partial charge in [0.2, 0.25) is 0 Å². The summed E-state index contributed by atoms with van der Waals surface area (Å²) in [5, 5.41) is 1.71. The molecule has 0 unspecified atom stereocenters. The van der Waals surface area contributed by atoms with Gasteiger partial charge in [-0.1, -0.05) is 11.6 Å². The van der Waals surface area contributed by atoms with Crippen molar-refractivity contribution in [2.75, 3.05) is 11.8 Å². The molecule has 2 heterocycles. The van der Waals surface area contributed by atoms with E-state index in [-0.39, 0.29) is 4.90 Å². The lowest BCUT2D eigenvalue weighted by Gasteiger charge is -2.11. The van der Waals surface area contributed by atoms with Crippen molar-refractivity contribution in [2.45, 2.75) is 4.90 Å². The van der Waals surface area contributed by atoms with E-state index in [2.05, 4.69) is 14.7 Å². The highest BCUT2D eigenvalue weighted by Crippen LogP contribution is 2.27. The van der Waals surface area contributed by atoms with Crippen LogP contribution in [0.1, 0.15) is 0 Å². The Labute approximate surface area is 138 Å². The highest BCUT2D eigenvalue weighted by molar-refractivity contribution is 7.92. The summed E-state index contributed by atoms with van der Waals surface area (Å²) in [6, 6.07) is 7.87. The topological polar surface area (TPSA) is 81.2 Å². The number of fused-ring (bicyclic) bond motifs is 1. The predicted molar refractivity (Wildman–Crippen MR) is 88.4 cm³/mol. The summed E-state index contributed by atoms with van der Waals surface area (Å²) in [5.74, 6) is 0.337. The van der Waals surface area contributed by atoms with Crippen molar-refractivity contribution in [3.05, 3.63) is 54.1 Å². The van der Waals surface area contributed by atoms with Gasteiger partial charge in [-0.2, -0.15) is 0 Å². The first-order chi connectivity index (χ1) is 11.0. The first-order valence-corrected chi connectivity index (χ1v) is 8.42. The number of rotatable bonds is 4. The molecule has 0 aliphatic carbocycles. The Morgan fingerprint density at radius 1 is 1.17 bits per heavy atom. The summed E-state index contributed by atoms with van der Waals surface area (Å²) < 4.78 is 32.7. The molecule has 0 spiro atoms. The number of sulfonamides is 1. The van der Waals surface area contributed by atoms with Crippen LogP contribution in [0, 0.1) is 0 Å². The van der Waals surface area contributed by atoms with Crippen LogP contribution in [0.3, 0.4) is 0 Å². The maximum atomic E-state index is 12.6. The van der Waals surface area contributed by atoms with Crippen molar-refractivity contribution in [1.29, 1.82) is 0 Å². The van der Waals surface area contributed by atoms with Crippen molar-refractivity contribution in [2.24, 2.45) is 0 Å². The Bertz CT molecular complexity index is 977. The Morgan fingerprint density at radius 3 is 2.78 bits per heavy atom. The highest BCUT2D eigenvalue weighted by Gasteiger charge is 2.17. The molecular weight excluding hydrogens is 338 g/mol. The van der Waals surface area contributed by atoms with Crippen LogP contribution < -0.4 is 9.46 Å². The van der Waals surface area contributed by atoms with Gasteiger partial charge in [0.05, 0.1) is 23.9 Å². The van der Waals surface area contributed by atoms with E-state index in [0.717, 1.165) is 0 Å². The number of halogens is 1. The van der Waals surface area contributed by atoms with Crippen LogP contribution in [0.4, 0.5) is 5.69 Å². The molecule has 0 saturated heterocycles. The maximum absolute atomic E-state index is 12.6. The van der Waals surface area contributed by atoms with Crippen LogP contribution in [0.2, 0.25) is 5.15 Å². The summed E-state index contributed by atoms with van der Waals surface area (Å²) in [4.78, 5) is 7.97. The average molecular weight is 350 g/mol. The zero-order valence-corrected chi connectivity index (χ0v) is 13.6. The van der Waals surface area contributed by atoms with E-state index >= 15 is 0 Å². The van der Waals surface area contributed by atoms with Crippen LogP contribution in [-0.2, 0) is 10.0 Å². The van der Waals surface area contributed by atoms with Gasteiger partial charge in [0.15, 0.2) is 5.75 Å². The highest BCUT2D eigenvalue weighted by atomic mass is 35.5. The Morgan fingerprint density at radius 2 is 2.00 bits per heavy atom. The van der Waals surface area contributed by atoms with Gasteiger partial charge in [-0.15, -0.1) is 0 Å². The van der Waals surface area contributed by atoms with Crippen LogP contribution in [0.5, 0.6) is 5.75 Å². The summed E-state index contributed by atoms with van der Waals surface area (Å²) in [5.41, 5.74) is 0.315. The summed E-state index contributed by atoms with van der Waals surface area (Å²) in [7, 11) is -2.33. The van der Waals surface area contributed by atoms with Crippen LogP contribution in [0.25, 0.3) is 10.8 Å². The Kier molecular flexibility index (Phi) is 4.06. The fourth-order valence-electron chi connectivity index (χ4n) is 2.12. The second-order valence-electron chi connectivity index (χ2n) is 4.67. The molecule has 0 aliphatic rings. The standard InChI is InChI=1S/C15H12ClN3O3S/c1-22-14-9-17-6-5-13(14)19-23(20,21)11-2-3-12-10(8-11)4-7-18-15(12)16/h2-9H,1H3,(H,17,19). The smallest absolute Gasteiger partial charge is 0.262 e. The molecule has 3 rings (SSSR count). The van der Waals surface area contributed by atoms with E-state index in [1.807, 2.05) is 0 Å². The second kappa shape index (κ2) is 6.02. The van der Waals surface area contributed by atoms with Crippen molar-refractivity contribution < 1.29 is 13.2 Å². The Hall–Kier alpha value is -2.38. The number of methoxy groups -OCH3 is 1. The third-order valence-electron chi connectivity index (χ3n) is 3.25. The van der Waals surface area contributed by atoms with Crippen LogP contribution in [-0.4, -0.2) is 25.5 Å². The average Bonchev–Trinajstić information content (AvgIpc) is 2.55. The fraction of sp³-hybridized carbons (Fsp3) is 0.0667. The summed E-state index contributed by atoms with van der Waals surface area (Å²) in [6.07, 6.45) is 4.44. The minimum Gasteiger partial charge on any atom is -0.493 e. The summed E-state index contributed by atoms with van der Waals surface area (Å²) >= 11 is 5.99. The van der Waals surface area contributed by atoms with Gasteiger partial charge in [-0.3, -0.25) is 9.71 Å². The lowest BCUT2D eigenvalue weighted by molar-refractivity contribution is 0.415. The maximum Gasteiger partial charge on any atom is 0.262 e. The van der Waals surface area contributed by atoms with Gasteiger partial charge < -0.3 is 4.74 Å². The molecule has 6 nitrogen and oxygen atoms in total. The van der Waals surface area contributed by atoms with Crippen molar-refractivity contribution >= 4 is 38.1 Å². The summed E-state index contributed by atoms with van der Waals surface area (Å²) in [6.45, 7) is 0. The molecule has 0 saturated carbocycles. The van der Waals surface area contributed by atoms with Gasteiger partial charge in [-0.05, 0) is 35.7 Å². The minimum atomic E-state index is -3.77. The van der Waals surface area contributed by atoms with Crippen molar-refractivity contribution in [3.8, 4) is 5.75 Å². The number of nitrogens with one attached hydrogen (secondary N) is 1. The van der Waals surface area contributed by atoms with E-state index in [1.165, 1.54) is 37.8 Å². The van der Waals surface area contributed by atoms with Gasteiger partial charge in [0, 0.05) is 17.8 Å². The molecule has 2 aromatic heterocycles. The number of pyridine rings is 2. The number of anilines is 1. The molecule has 23 heavy (non-hydrogen) atoms. The zero-order chi connectivity index (χ0) is 16.4. The molecular formula is C15H12ClN3O3S. The van der Waals surface area contributed by atoms with E-state index in [1.54, 1.807) is 18.2 Å². The van der Waals surface area contributed by atoms with Gasteiger partial charge >= 0.3 is 0 Å². The largest absolute Gasteiger partial charge is 0.493 e. The quantitative estimate of drug-likeness (QED) is 0.732. The van der Waals surface area contributed by atoms with E-state index in [0.29, 0.717) is 27.4 Å². The predicted octanol–water partition coefficient (Wildman–Crippen LogP) is 3.09. The number of aromatic nitrogens is 2. The molecule has 0 bridgehead atoms. The SMILES string of the molecule is COc1cnccc1NS(=O)(=O)c1ccc2c(Cl)nccc2c1. The monoisotopic (exact) mass is 349 g/mol. The molecule has 0 fully saturated rings. The third kappa shape index (κ3) is 3.06. The number of ether oxygens (including phenoxy) is 1. The third-order valence-corrected chi connectivity index (χ3v) is 4.91.